The summed E-state index contributed by atoms with van der Waals surface area (Å²) in [5.74, 6) is 0.554. The van der Waals surface area contributed by atoms with Crippen LogP contribution >= 0.6 is 0 Å². The molecule has 0 amide bonds. The van der Waals surface area contributed by atoms with Crippen LogP contribution in [0.25, 0.3) is 11.1 Å². The molecule has 2 rings (SSSR count). The van der Waals surface area contributed by atoms with Crippen LogP contribution in [0.5, 0.6) is 5.75 Å². The van der Waals surface area contributed by atoms with Gasteiger partial charge in [-0.25, -0.2) is 4.39 Å². The summed E-state index contributed by atoms with van der Waals surface area (Å²) in [7, 11) is 0. The molecular weight excluding hydrogens is 203 g/mol. The monoisotopic (exact) mass is 216 g/mol. The zero-order chi connectivity index (χ0) is 11.4. The highest BCUT2D eigenvalue weighted by molar-refractivity contribution is 5.64. The average Bonchev–Trinajstić information content (AvgIpc) is 2.32. The van der Waals surface area contributed by atoms with Crippen LogP contribution in [0, 0.1) is 6.92 Å². The Morgan fingerprint density at radius 1 is 0.875 bits per heavy atom. The molecule has 0 spiro atoms. The van der Waals surface area contributed by atoms with Crippen molar-refractivity contribution in [3.63, 3.8) is 0 Å². The number of benzene rings is 2. The van der Waals surface area contributed by atoms with Crippen LogP contribution in [0.4, 0.5) is 4.39 Å². The van der Waals surface area contributed by atoms with Gasteiger partial charge in [0.05, 0.1) is 0 Å². The molecule has 0 saturated carbocycles. The van der Waals surface area contributed by atoms with E-state index in [1.54, 1.807) is 12.1 Å². The molecule has 0 aliphatic carbocycles. The predicted octanol–water partition coefficient (Wildman–Crippen LogP) is 3.97. The lowest BCUT2D eigenvalue weighted by Gasteiger charge is -2.04. The number of hydrogen-bond donors (Lipinski definition) is 0. The minimum Gasteiger partial charge on any atom is -0.463 e. The van der Waals surface area contributed by atoms with E-state index in [0.717, 1.165) is 11.1 Å². The second kappa shape index (κ2) is 4.79. The molecule has 0 aliphatic heterocycles. The van der Waals surface area contributed by atoms with Crippen LogP contribution in [0.3, 0.4) is 0 Å². The van der Waals surface area contributed by atoms with Gasteiger partial charge in [-0.3, -0.25) is 0 Å². The highest BCUT2D eigenvalue weighted by Crippen LogP contribution is 2.22. The summed E-state index contributed by atoms with van der Waals surface area (Å²) in [4.78, 5) is 0. The Bertz CT molecular complexity index is 445. The van der Waals surface area contributed by atoms with E-state index in [2.05, 4.69) is 31.2 Å². The molecule has 0 aromatic heterocycles. The first-order chi connectivity index (χ1) is 7.79. The molecule has 82 valence electrons. The second-order valence-corrected chi connectivity index (χ2v) is 3.64. The Morgan fingerprint density at radius 3 is 1.88 bits per heavy atom. The molecule has 0 aliphatic rings. The number of alkyl halides is 1. The number of rotatable bonds is 3. The van der Waals surface area contributed by atoms with Crippen molar-refractivity contribution in [3.05, 3.63) is 54.1 Å². The topological polar surface area (TPSA) is 9.23 Å². The zero-order valence-corrected chi connectivity index (χ0v) is 9.11. The number of hydrogen-bond acceptors (Lipinski definition) is 1. The summed E-state index contributed by atoms with van der Waals surface area (Å²) < 4.78 is 16.7. The molecule has 0 saturated heterocycles. The van der Waals surface area contributed by atoms with E-state index in [0.29, 0.717) is 5.75 Å². The lowest BCUT2D eigenvalue weighted by molar-refractivity contribution is 0.192. The summed E-state index contributed by atoms with van der Waals surface area (Å²) in [6.45, 7) is 1.27. The zero-order valence-electron chi connectivity index (χ0n) is 9.11. The Balaban J connectivity index is 2.24. The third kappa shape index (κ3) is 2.40. The first-order valence-corrected chi connectivity index (χ1v) is 5.15. The molecule has 0 bridgehead atoms. The van der Waals surface area contributed by atoms with E-state index in [4.69, 9.17) is 4.74 Å². The van der Waals surface area contributed by atoms with Gasteiger partial charge in [0.2, 0.25) is 6.86 Å². The molecule has 0 unspecified atom stereocenters. The van der Waals surface area contributed by atoms with E-state index in [-0.39, 0.29) is 0 Å². The maximum absolute atomic E-state index is 11.9. The van der Waals surface area contributed by atoms with Gasteiger partial charge in [-0.15, -0.1) is 0 Å². The number of aryl methyl sites for hydroxylation is 1. The first kappa shape index (κ1) is 10.7. The lowest BCUT2D eigenvalue weighted by Crippen LogP contribution is -1.89. The largest absolute Gasteiger partial charge is 0.463 e. The Kier molecular flexibility index (Phi) is 3.20. The molecule has 0 atom stereocenters. The Labute approximate surface area is 94.5 Å². The molecular formula is C14H13FO. The molecule has 0 heterocycles. The minimum atomic E-state index is -0.788. The van der Waals surface area contributed by atoms with Crippen molar-refractivity contribution in [2.75, 3.05) is 6.86 Å². The van der Waals surface area contributed by atoms with Crippen molar-refractivity contribution < 1.29 is 9.13 Å². The van der Waals surface area contributed by atoms with Gasteiger partial charge in [0.25, 0.3) is 0 Å². The fraction of sp³-hybridized carbons (Fsp3) is 0.143. The first-order valence-electron chi connectivity index (χ1n) is 5.15. The molecule has 1 nitrogen and oxygen atoms in total. The highest BCUT2D eigenvalue weighted by atomic mass is 19.1. The third-order valence-corrected chi connectivity index (χ3v) is 2.46. The van der Waals surface area contributed by atoms with Gasteiger partial charge in [-0.1, -0.05) is 42.0 Å². The maximum atomic E-state index is 11.9. The Morgan fingerprint density at radius 2 is 1.38 bits per heavy atom. The summed E-state index contributed by atoms with van der Waals surface area (Å²) in [5.41, 5.74) is 3.49. The quantitative estimate of drug-likeness (QED) is 0.754. The molecule has 2 heteroatoms. The maximum Gasteiger partial charge on any atom is 0.228 e. The summed E-state index contributed by atoms with van der Waals surface area (Å²) in [6, 6.07) is 15.7. The third-order valence-electron chi connectivity index (χ3n) is 2.46. The van der Waals surface area contributed by atoms with Crippen molar-refractivity contribution in [1.82, 2.24) is 0 Å². The SMILES string of the molecule is Cc1ccc(-c2ccc(OCF)cc2)cc1. The van der Waals surface area contributed by atoms with Gasteiger partial charge in [-0.2, -0.15) is 0 Å². The minimum absolute atomic E-state index is 0.554. The molecule has 0 radical (unpaired) electrons. The van der Waals surface area contributed by atoms with Crippen molar-refractivity contribution in [3.8, 4) is 16.9 Å². The van der Waals surface area contributed by atoms with Crippen molar-refractivity contribution >= 4 is 0 Å². The molecule has 2 aromatic rings. The summed E-state index contributed by atoms with van der Waals surface area (Å²) in [5, 5.41) is 0. The lowest BCUT2D eigenvalue weighted by atomic mass is 10.0. The van der Waals surface area contributed by atoms with E-state index in [9.17, 15) is 4.39 Å². The fourth-order valence-corrected chi connectivity index (χ4v) is 1.55. The second-order valence-electron chi connectivity index (χ2n) is 3.64. The van der Waals surface area contributed by atoms with E-state index in [1.807, 2.05) is 12.1 Å². The average molecular weight is 216 g/mol. The number of halogens is 1. The van der Waals surface area contributed by atoms with Gasteiger partial charge in [0.15, 0.2) is 0 Å². The van der Waals surface area contributed by atoms with Gasteiger partial charge < -0.3 is 4.74 Å². The number of ether oxygens (including phenoxy) is 1. The van der Waals surface area contributed by atoms with Gasteiger partial charge in [0.1, 0.15) is 5.75 Å². The van der Waals surface area contributed by atoms with E-state index >= 15 is 0 Å². The van der Waals surface area contributed by atoms with Crippen LogP contribution in [-0.2, 0) is 0 Å². The molecule has 0 N–H and O–H groups in total. The van der Waals surface area contributed by atoms with Crippen LogP contribution < -0.4 is 4.74 Å². The van der Waals surface area contributed by atoms with Crippen LogP contribution in [0.2, 0.25) is 0 Å². The molecule has 2 aromatic carbocycles. The standard InChI is InChI=1S/C14H13FO/c1-11-2-4-12(5-3-11)13-6-8-14(9-7-13)16-10-15/h2-9H,10H2,1H3. The van der Waals surface area contributed by atoms with E-state index < -0.39 is 6.86 Å². The van der Waals surface area contributed by atoms with Crippen molar-refractivity contribution in [2.24, 2.45) is 0 Å². The molecule has 16 heavy (non-hydrogen) atoms. The van der Waals surface area contributed by atoms with Gasteiger partial charge in [0, 0.05) is 0 Å². The van der Waals surface area contributed by atoms with Crippen molar-refractivity contribution in [2.45, 2.75) is 6.92 Å². The van der Waals surface area contributed by atoms with Gasteiger partial charge in [-0.05, 0) is 30.2 Å². The van der Waals surface area contributed by atoms with Crippen LogP contribution in [0.1, 0.15) is 5.56 Å². The van der Waals surface area contributed by atoms with Crippen LogP contribution in [0.15, 0.2) is 48.5 Å². The van der Waals surface area contributed by atoms with Gasteiger partial charge >= 0.3 is 0 Å². The molecule has 0 fully saturated rings. The van der Waals surface area contributed by atoms with Crippen molar-refractivity contribution in [1.29, 1.82) is 0 Å². The predicted molar refractivity (Wildman–Crippen MR) is 63.2 cm³/mol. The Hall–Kier alpha value is -1.83. The fourth-order valence-electron chi connectivity index (χ4n) is 1.55. The summed E-state index contributed by atoms with van der Waals surface area (Å²) >= 11 is 0. The van der Waals surface area contributed by atoms with Crippen LogP contribution in [-0.4, -0.2) is 6.86 Å². The van der Waals surface area contributed by atoms with E-state index in [1.165, 1.54) is 5.56 Å². The summed E-state index contributed by atoms with van der Waals surface area (Å²) in [6.07, 6.45) is 0. The highest BCUT2D eigenvalue weighted by Gasteiger charge is 1.98. The smallest absolute Gasteiger partial charge is 0.228 e. The normalized spacial score (nSPS) is 10.1.